The molecule has 0 spiro atoms. The molecule has 1 rings (SSSR count). The van der Waals surface area contributed by atoms with Crippen molar-refractivity contribution in [2.45, 2.75) is 26.3 Å². The molecule has 0 saturated carbocycles. The lowest BCUT2D eigenvalue weighted by molar-refractivity contribution is -0.138. The van der Waals surface area contributed by atoms with Gasteiger partial charge in [0.05, 0.1) is 13.2 Å². The number of nitrogens with zero attached hydrogens (tertiary/aromatic N) is 2. The van der Waals surface area contributed by atoms with Gasteiger partial charge in [-0.3, -0.25) is 14.6 Å². The normalized spacial score (nSPS) is 21.1. The smallest absolute Gasteiger partial charge is 0.317 e. The predicted octanol–water partition coefficient (Wildman–Crippen LogP) is 0.504. The van der Waals surface area contributed by atoms with Crippen LogP contribution in [0.15, 0.2) is 0 Å². The van der Waals surface area contributed by atoms with Crippen molar-refractivity contribution in [3.8, 4) is 0 Å². The van der Waals surface area contributed by atoms with E-state index in [2.05, 4.69) is 11.8 Å². The lowest BCUT2D eigenvalue weighted by Gasteiger charge is -2.27. The summed E-state index contributed by atoms with van der Waals surface area (Å²) >= 11 is 0. The van der Waals surface area contributed by atoms with E-state index in [9.17, 15) is 4.79 Å². The van der Waals surface area contributed by atoms with Crippen molar-refractivity contribution in [3.05, 3.63) is 0 Å². The number of aliphatic carboxylic acids is 1. The summed E-state index contributed by atoms with van der Waals surface area (Å²) in [6, 6.07) is 0.416. The zero-order valence-electron chi connectivity index (χ0n) is 10.9. The molecular weight excluding hydrogens is 220 g/mol. The van der Waals surface area contributed by atoms with Gasteiger partial charge in [0.15, 0.2) is 0 Å². The van der Waals surface area contributed by atoms with Gasteiger partial charge in [0.1, 0.15) is 0 Å². The van der Waals surface area contributed by atoms with Crippen molar-refractivity contribution in [2.24, 2.45) is 0 Å². The predicted molar refractivity (Wildman–Crippen MR) is 66.2 cm³/mol. The number of hydrogen-bond donors (Lipinski definition) is 1. The maximum absolute atomic E-state index is 10.7. The van der Waals surface area contributed by atoms with Crippen LogP contribution < -0.4 is 0 Å². The molecule has 1 aliphatic heterocycles. The van der Waals surface area contributed by atoms with E-state index in [1.807, 2.05) is 11.8 Å². The summed E-state index contributed by atoms with van der Waals surface area (Å²) < 4.78 is 5.43. The fraction of sp³-hybridized carbons (Fsp3) is 0.917. The standard InChI is InChI=1S/C12H24N2O3/c1-3-17-10-11(2)14-6-4-5-13(7-8-14)9-12(15)16/h11H,3-10H2,1-2H3,(H,15,16). The van der Waals surface area contributed by atoms with E-state index in [4.69, 9.17) is 9.84 Å². The van der Waals surface area contributed by atoms with Crippen LogP contribution in [0, 0.1) is 0 Å². The molecule has 0 radical (unpaired) electrons. The molecule has 5 heteroatoms. The fourth-order valence-electron chi connectivity index (χ4n) is 2.17. The highest BCUT2D eigenvalue weighted by Crippen LogP contribution is 2.07. The second kappa shape index (κ2) is 7.63. The third-order valence-corrected chi connectivity index (χ3v) is 3.17. The van der Waals surface area contributed by atoms with E-state index in [-0.39, 0.29) is 6.54 Å². The van der Waals surface area contributed by atoms with Gasteiger partial charge in [-0.15, -0.1) is 0 Å². The van der Waals surface area contributed by atoms with E-state index in [1.54, 1.807) is 0 Å². The first-order chi connectivity index (χ1) is 8.13. The molecule has 0 aromatic rings. The quantitative estimate of drug-likeness (QED) is 0.737. The van der Waals surface area contributed by atoms with Gasteiger partial charge >= 0.3 is 5.97 Å². The first kappa shape index (κ1) is 14.4. The second-order valence-corrected chi connectivity index (χ2v) is 4.57. The average molecular weight is 244 g/mol. The van der Waals surface area contributed by atoms with Crippen molar-refractivity contribution >= 4 is 5.97 Å². The van der Waals surface area contributed by atoms with Crippen LogP contribution in [0.1, 0.15) is 20.3 Å². The van der Waals surface area contributed by atoms with Crippen molar-refractivity contribution in [3.63, 3.8) is 0 Å². The lowest BCUT2D eigenvalue weighted by atomic mass is 10.3. The number of hydrogen-bond acceptors (Lipinski definition) is 4. The minimum absolute atomic E-state index is 0.160. The molecule has 1 unspecified atom stereocenters. The summed E-state index contributed by atoms with van der Waals surface area (Å²) in [7, 11) is 0. The van der Waals surface area contributed by atoms with Crippen molar-refractivity contribution in [1.82, 2.24) is 9.80 Å². The molecule has 0 amide bonds. The minimum atomic E-state index is -0.735. The molecule has 1 fully saturated rings. The van der Waals surface area contributed by atoms with E-state index >= 15 is 0 Å². The maximum Gasteiger partial charge on any atom is 0.317 e. The largest absolute Gasteiger partial charge is 0.480 e. The summed E-state index contributed by atoms with van der Waals surface area (Å²) in [6.45, 7) is 9.53. The third kappa shape index (κ3) is 5.48. The van der Waals surface area contributed by atoms with Crippen LogP contribution in [0.2, 0.25) is 0 Å². The van der Waals surface area contributed by atoms with Gasteiger partial charge in [-0.2, -0.15) is 0 Å². The minimum Gasteiger partial charge on any atom is -0.480 e. The number of carboxylic acids is 1. The molecule has 1 heterocycles. The highest BCUT2D eigenvalue weighted by atomic mass is 16.5. The first-order valence-corrected chi connectivity index (χ1v) is 6.39. The Morgan fingerprint density at radius 2 is 2.12 bits per heavy atom. The van der Waals surface area contributed by atoms with Crippen LogP contribution in [0.3, 0.4) is 0 Å². The molecule has 1 N–H and O–H groups in total. The Morgan fingerprint density at radius 1 is 1.35 bits per heavy atom. The van der Waals surface area contributed by atoms with Crippen LogP contribution in [0.4, 0.5) is 0 Å². The van der Waals surface area contributed by atoms with E-state index in [0.29, 0.717) is 6.04 Å². The third-order valence-electron chi connectivity index (χ3n) is 3.17. The highest BCUT2D eigenvalue weighted by molar-refractivity contribution is 5.69. The summed E-state index contributed by atoms with van der Waals surface area (Å²) in [4.78, 5) is 15.1. The Labute approximate surface area is 103 Å². The highest BCUT2D eigenvalue weighted by Gasteiger charge is 2.20. The molecular formula is C12H24N2O3. The molecule has 0 aromatic carbocycles. The topological polar surface area (TPSA) is 53.0 Å². The van der Waals surface area contributed by atoms with Gasteiger partial charge in [-0.05, 0) is 26.8 Å². The van der Waals surface area contributed by atoms with Crippen molar-refractivity contribution in [1.29, 1.82) is 0 Å². The Balaban J connectivity index is 2.33. The van der Waals surface area contributed by atoms with Crippen LogP contribution in [-0.4, -0.2) is 72.9 Å². The average Bonchev–Trinajstić information content (AvgIpc) is 2.51. The monoisotopic (exact) mass is 244 g/mol. The summed E-state index contributed by atoms with van der Waals surface area (Å²) in [5.41, 5.74) is 0. The second-order valence-electron chi connectivity index (χ2n) is 4.57. The molecule has 0 bridgehead atoms. The zero-order valence-corrected chi connectivity index (χ0v) is 10.9. The number of carbonyl (C=O) groups is 1. The number of ether oxygens (including phenoxy) is 1. The van der Waals surface area contributed by atoms with Crippen LogP contribution in [-0.2, 0) is 9.53 Å². The van der Waals surface area contributed by atoms with Gasteiger partial charge < -0.3 is 9.84 Å². The van der Waals surface area contributed by atoms with E-state index in [1.165, 1.54) is 0 Å². The van der Waals surface area contributed by atoms with E-state index < -0.39 is 5.97 Å². The summed E-state index contributed by atoms with van der Waals surface area (Å²) in [6.07, 6.45) is 1.03. The number of rotatable bonds is 6. The van der Waals surface area contributed by atoms with Crippen molar-refractivity contribution < 1.29 is 14.6 Å². The lowest BCUT2D eigenvalue weighted by Crippen LogP contribution is -2.40. The van der Waals surface area contributed by atoms with Gasteiger partial charge in [0.25, 0.3) is 0 Å². The molecule has 1 saturated heterocycles. The van der Waals surface area contributed by atoms with Crippen molar-refractivity contribution in [2.75, 3.05) is 45.9 Å². The Bertz CT molecular complexity index is 236. The van der Waals surface area contributed by atoms with E-state index in [0.717, 1.165) is 45.8 Å². The summed E-state index contributed by atoms with van der Waals surface area (Å²) in [5, 5.41) is 8.77. The van der Waals surface area contributed by atoms with Crippen LogP contribution >= 0.6 is 0 Å². The SMILES string of the molecule is CCOCC(C)N1CCCN(CC(=O)O)CC1. The number of carboxylic acid groups (broad SMARTS) is 1. The molecule has 1 atom stereocenters. The molecule has 17 heavy (non-hydrogen) atoms. The summed E-state index contributed by atoms with van der Waals surface area (Å²) in [5.74, 6) is -0.735. The van der Waals surface area contributed by atoms with Gasteiger partial charge in [-0.25, -0.2) is 0 Å². The fourth-order valence-corrected chi connectivity index (χ4v) is 2.17. The van der Waals surface area contributed by atoms with Crippen LogP contribution in [0.25, 0.3) is 0 Å². The Hall–Kier alpha value is -0.650. The molecule has 0 aliphatic carbocycles. The maximum atomic E-state index is 10.7. The Morgan fingerprint density at radius 3 is 2.76 bits per heavy atom. The first-order valence-electron chi connectivity index (χ1n) is 6.39. The Kier molecular flexibility index (Phi) is 6.47. The molecule has 5 nitrogen and oxygen atoms in total. The van der Waals surface area contributed by atoms with Gasteiger partial charge in [0.2, 0.25) is 0 Å². The van der Waals surface area contributed by atoms with Gasteiger partial charge in [-0.1, -0.05) is 0 Å². The van der Waals surface area contributed by atoms with Crippen LogP contribution in [0.5, 0.6) is 0 Å². The molecule has 100 valence electrons. The molecule has 0 aromatic heterocycles. The van der Waals surface area contributed by atoms with Gasteiger partial charge in [0, 0.05) is 32.3 Å². The zero-order chi connectivity index (χ0) is 12.7. The molecule has 1 aliphatic rings.